The van der Waals surface area contributed by atoms with Gasteiger partial charge in [0.2, 0.25) is 0 Å². The SMILES string of the molecule is N#CCn1nc(C(F)(F)F)cc1C=O. The molecule has 7 heteroatoms. The molecule has 4 nitrogen and oxygen atoms in total. The Kier molecular flexibility index (Phi) is 2.56. The van der Waals surface area contributed by atoms with E-state index in [1.807, 2.05) is 0 Å². The number of alkyl halides is 3. The maximum absolute atomic E-state index is 12.1. The van der Waals surface area contributed by atoms with Crippen molar-refractivity contribution in [3.05, 3.63) is 17.5 Å². The number of carbonyl (C=O) groups excluding carboxylic acids is 1. The van der Waals surface area contributed by atoms with Crippen molar-refractivity contribution < 1.29 is 18.0 Å². The molecule has 0 atom stereocenters. The molecule has 74 valence electrons. The van der Waals surface area contributed by atoms with E-state index >= 15 is 0 Å². The molecule has 0 unspecified atom stereocenters. The number of nitrogens with zero attached hydrogens (tertiary/aromatic N) is 3. The molecule has 14 heavy (non-hydrogen) atoms. The van der Waals surface area contributed by atoms with Gasteiger partial charge in [-0.15, -0.1) is 0 Å². The van der Waals surface area contributed by atoms with E-state index in [-0.39, 0.29) is 18.5 Å². The van der Waals surface area contributed by atoms with Crippen molar-refractivity contribution in [1.29, 1.82) is 5.26 Å². The molecule has 1 rings (SSSR count). The zero-order valence-electron chi connectivity index (χ0n) is 6.75. The van der Waals surface area contributed by atoms with Crippen LogP contribution in [0.15, 0.2) is 6.07 Å². The summed E-state index contributed by atoms with van der Waals surface area (Å²) in [5.74, 6) is 0. The first-order chi connectivity index (χ1) is 6.49. The minimum atomic E-state index is -4.60. The standard InChI is InChI=1S/C7H4F3N3O/c8-7(9,10)6-3-5(4-14)13(12-6)2-1-11/h3-4H,2H2. The summed E-state index contributed by atoms with van der Waals surface area (Å²) in [5, 5.41) is 11.3. The highest BCUT2D eigenvalue weighted by Gasteiger charge is 2.34. The first kappa shape index (κ1) is 10.2. The average molecular weight is 203 g/mol. The molecule has 0 aliphatic rings. The Bertz CT molecular complexity index is 388. The van der Waals surface area contributed by atoms with Crippen molar-refractivity contribution in [2.24, 2.45) is 0 Å². The molecule has 1 aromatic rings. The van der Waals surface area contributed by atoms with Crippen LogP contribution in [-0.4, -0.2) is 16.1 Å². The first-order valence-electron chi connectivity index (χ1n) is 3.46. The summed E-state index contributed by atoms with van der Waals surface area (Å²) in [4.78, 5) is 10.3. The first-order valence-corrected chi connectivity index (χ1v) is 3.46. The Morgan fingerprint density at radius 1 is 1.64 bits per heavy atom. The lowest BCUT2D eigenvalue weighted by Gasteiger charge is -1.99. The Labute approximate surface area is 76.5 Å². The molecule has 0 amide bonds. The smallest absolute Gasteiger partial charge is 0.296 e. The number of hydrogen-bond acceptors (Lipinski definition) is 3. The van der Waals surface area contributed by atoms with E-state index in [1.54, 1.807) is 6.07 Å². The molecule has 1 aromatic heterocycles. The van der Waals surface area contributed by atoms with Gasteiger partial charge in [-0.2, -0.15) is 23.5 Å². The van der Waals surface area contributed by atoms with Crippen LogP contribution in [0.2, 0.25) is 0 Å². The zero-order valence-corrected chi connectivity index (χ0v) is 6.75. The quantitative estimate of drug-likeness (QED) is 0.679. The Morgan fingerprint density at radius 2 is 2.29 bits per heavy atom. The summed E-state index contributed by atoms with van der Waals surface area (Å²) < 4.78 is 37.0. The van der Waals surface area contributed by atoms with Gasteiger partial charge in [-0.25, -0.2) is 4.68 Å². The molecule has 0 aliphatic carbocycles. The fourth-order valence-electron chi connectivity index (χ4n) is 0.858. The van der Waals surface area contributed by atoms with Crippen LogP contribution in [0.1, 0.15) is 16.2 Å². The second-order valence-corrected chi connectivity index (χ2v) is 2.39. The van der Waals surface area contributed by atoms with E-state index in [2.05, 4.69) is 5.10 Å². The third-order valence-electron chi connectivity index (χ3n) is 1.44. The number of halogens is 3. The Balaban J connectivity index is 3.14. The van der Waals surface area contributed by atoms with Crippen LogP contribution in [0.25, 0.3) is 0 Å². The number of rotatable bonds is 2. The van der Waals surface area contributed by atoms with E-state index in [0.717, 1.165) is 0 Å². The minimum absolute atomic E-state index is 0.222. The van der Waals surface area contributed by atoms with Crippen molar-refractivity contribution in [2.45, 2.75) is 12.7 Å². The number of hydrogen-bond donors (Lipinski definition) is 0. The molecule has 0 spiro atoms. The lowest BCUT2D eigenvalue weighted by molar-refractivity contribution is -0.141. The molecule has 0 radical (unpaired) electrons. The largest absolute Gasteiger partial charge is 0.435 e. The number of aldehydes is 1. The van der Waals surface area contributed by atoms with Gasteiger partial charge in [-0.1, -0.05) is 0 Å². The van der Waals surface area contributed by atoms with E-state index in [0.29, 0.717) is 10.7 Å². The average Bonchev–Trinajstić information content (AvgIpc) is 2.47. The molecule has 1 heterocycles. The molecule has 0 fully saturated rings. The molecule has 0 N–H and O–H groups in total. The Hall–Kier alpha value is -1.84. The Morgan fingerprint density at radius 3 is 2.71 bits per heavy atom. The summed E-state index contributed by atoms with van der Waals surface area (Å²) in [6.45, 7) is -0.385. The number of aromatic nitrogens is 2. The fourth-order valence-corrected chi connectivity index (χ4v) is 0.858. The lowest BCUT2D eigenvalue weighted by Crippen LogP contribution is -2.08. The highest BCUT2D eigenvalue weighted by atomic mass is 19.4. The topological polar surface area (TPSA) is 58.7 Å². The van der Waals surface area contributed by atoms with Crippen LogP contribution in [0.3, 0.4) is 0 Å². The molecule has 0 saturated heterocycles. The minimum Gasteiger partial charge on any atom is -0.296 e. The monoisotopic (exact) mass is 203 g/mol. The van der Waals surface area contributed by atoms with Crippen LogP contribution >= 0.6 is 0 Å². The van der Waals surface area contributed by atoms with Gasteiger partial charge in [0.05, 0.1) is 6.07 Å². The van der Waals surface area contributed by atoms with Gasteiger partial charge in [0.15, 0.2) is 12.0 Å². The van der Waals surface area contributed by atoms with E-state index in [9.17, 15) is 18.0 Å². The van der Waals surface area contributed by atoms with Crippen molar-refractivity contribution >= 4 is 6.29 Å². The molecule has 0 bridgehead atoms. The van der Waals surface area contributed by atoms with Crippen LogP contribution in [0.5, 0.6) is 0 Å². The number of nitriles is 1. The maximum atomic E-state index is 12.1. The second-order valence-electron chi connectivity index (χ2n) is 2.39. The lowest BCUT2D eigenvalue weighted by atomic mass is 10.3. The number of carbonyl (C=O) groups is 1. The van der Waals surface area contributed by atoms with E-state index < -0.39 is 11.9 Å². The normalized spacial score (nSPS) is 11.0. The summed E-state index contributed by atoms with van der Waals surface area (Å²) in [7, 11) is 0. The van der Waals surface area contributed by atoms with Crippen LogP contribution in [0.4, 0.5) is 13.2 Å². The van der Waals surface area contributed by atoms with Gasteiger partial charge in [0.1, 0.15) is 12.2 Å². The summed E-state index contributed by atoms with van der Waals surface area (Å²) >= 11 is 0. The third-order valence-corrected chi connectivity index (χ3v) is 1.44. The maximum Gasteiger partial charge on any atom is 0.435 e. The summed E-state index contributed by atoms with van der Waals surface area (Å²) in [5.41, 5.74) is -1.44. The predicted molar refractivity (Wildman–Crippen MR) is 38.2 cm³/mol. The van der Waals surface area contributed by atoms with Gasteiger partial charge in [-0.3, -0.25) is 4.79 Å². The molecule has 0 saturated carbocycles. The van der Waals surface area contributed by atoms with Crippen molar-refractivity contribution in [2.75, 3.05) is 0 Å². The van der Waals surface area contributed by atoms with Crippen LogP contribution < -0.4 is 0 Å². The molecule has 0 aliphatic heterocycles. The van der Waals surface area contributed by atoms with Crippen LogP contribution in [-0.2, 0) is 12.7 Å². The van der Waals surface area contributed by atoms with Gasteiger partial charge < -0.3 is 0 Å². The van der Waals surface area contributed by atoms with E-state index in [1.165, 1.54) is 0 Å². The van der Waals surface area contributed by atoms with Gasteiger partial charge in [0, 0.05) is 0 Å². The van der Waals surface area contributed by atoms with Gasteiger partial charge >= 0.3 is 6.18 Å². The predicted octanol–water partition coefficient (Wildman–Crippen LogP) is 1.24. The third kappa shape index (κ3) is 1.90. The van der Waals surface area contributed by atoms with Crippen molar-refractivity contribution in [3.63, 3.8) is 0 Å². The zero-order chi connectivity index (χ0) is 10.8. The summed E-state index contributed by atoms with van der Waals surface area (Å²) in [6, 6.07) is 2.20. The van der Waals surface area contributed by atoms with Crippen molar-refractivity contribution in [3.8, 4) is 6.07 Å². The summed E-state index contributed by atoms with van der Waals surface area (Å²) in [6.07, 6.45) is -4.38. The fraction of sp³-hybridized carbons (Fsp3) is 0.286. The highest BCUT2D eigenvalue weighted by molar-refractivity contribution is 5.72. The molecular weight excluding hydrogens is 199 g/mol. The van der Waals surface area contributed by atoms with Crippen LogP contribution in [0, 0.1) is 11.3 Å². The van der Waals surface area contributed by atoms with Gasteiger partial charge in [-0.05, 0) is 6.07 Å². The van der Waals surface area contributed by atoms with Crippen molar-refractivity contribution in [1.82, 2.24) is 9.78 Å². The highest BCUT2D eigenvalue weighted by Crippen LogP contribution is 2.28. The van der Waals surface area contributed by atoms with E-state index in [4.69, 9.17) is 5.26 Å². The second kappa shape index (κ2) is 3.49. The molecule has 0 aromatic carbocycles. The molecular formula is C7H4F3N3O. The van der Waals surface area contributed by atoms with Gasteiger partial charge in [0.25, 0.3) is 0 Å².